The smallest absolute Gasteiger partial charge is 0.337 e. The molecular formula is C43H64O13. The van der Waals surface area contributed by atoms with Gasteiger partial charge >= 0.3 is 17.9 Å². The molecule has 0 spiro atoms. The Bertz CT molecular complexity index is 1400. The number of aliphatic hydroxyl groups is 3. The fraction of sp³-hybridized carbons (Fsp3) is 0.651. The minimum absolute atomic E-state index is 0.0347. The molecule has 0 saturated carbocycles. The highest BCUT2D eigenvalue weighted by molar-refractivity contribution is 5.90. The molecule has 0 radical (unpaired) electrons. The summed E-state index contributed by atoms with van der Waals surface area (Å²) >= 11 is 0. The van der Waals surface area contributed by atoms with Crippen molar-refractivity contribution in [3.05, 3.63) is 65.5 Å². The van der Waals surface area contributed by atoms with Crippen molar-refractivity contribution in [3.63, 3.8) is 0 Å². The van der Waals surface area contributed by atoms with Gasteiger partial charge in [-0.3, -0.25) is 9.59 Å². The van der Waals surface area contributed by atoms with E-state index in [1.54, 1.807) is 25.1 Å². The van der Waals surface area contributed by atoms with E-state index >= 15 is 0 Å². The van der Waals surface area contributed by atoms with E-state index in [9.17, 15) is 34.8 Å². The number of ether oxygens (including phenoxy) is 6. The number of esters is 3. The molecule has 0 aromatic heterocycles. The van der Waals surface area contributed by atoms with Crippen LogP contribution in [-0.4, -0.2) is 95.7 Å². The Balaban J connectivity index is 1.44. The van der Waals surface area contributed by atoms with Crippen molar-refractivity contribution in [2.75, 3.05) is 20.3 Å². The fourth-order valence-corrected chi connectivity index (χ4v) is 6.67. The highest BCUT2D eigenvalue weighted by Gasteiger charge is 2.47. The summed E-state index contributed by atoms with van der Waals surface area (Å²) in [5.41, 5.74) is 1.21. The summed E-state index contributed by atoms with van der Waals surface area (Å²) in [5.74, 6) is -2.59. The lowest BCUT2D eigenvalue weighted by Crippen LogP contribution is -2.60. The van der Waals surface area contributed by atoms with E-state index in [0.717, 1.165) is 50.4 Å². The number of carbonyl (C=O) groups is 3. The molecule has 1 fully saturated rings. The summed E-state index contributed by atoms with van der Waals surface area (Å²) in [5, 5.41) is 41.5. The van der Waals surface area contributed by atoms with E-state index in [-0.39, 0.29) is 37.4 Å². The van der Waals surface area contributed by atoms with Crippen LogP contribution in [0.25, 0.3) is 0 Å². The molecular weight excluding hydrogens is 724 g/mol. The third kappa shape index (κ3) is 16.0. The molecule has 7 atom stereocenters. The molecule has 0 amide bonds. The Morgan fingerprint density at radius 2 is 1.45 bits per heavy atom. The first-order valence-corrected chi connectivity index (χ1v) is 20.3. The second-order valence-electron chi connectivity index (χ2n) is 14.4. The van der Waals surface area contributed by atoms with Crippen molar-refractivity contribution in [2.24, 2.45) is 5.92 Å². The molecule has 314 valence electrons. The third-order valence-electron chi connectivity index (χ3n) is 10.1. The van der Waals surface area contributed by atoms with E-state index < -0.39 is 60.8 Å². The number of hydrogen-bond acceptors (Lipinski definition) is 13. The van der Waals surface area contributed by atoms with Gasteiger partial charge in [0.2, 0.25) is 6.29 Å². The lowest BCUT2D eigenvalue weighted by atomic mass is 9.86. The molecule has 1 aromatic rings. The lowest BCUT2D eigenvalue weighted by Gasteiger charge is -2.42. The highest BCUT2D eigenvalue weighted by atomic mass is 16.8. The van der Waals surface area contributed by atoms with Gasteiger partial charge in [0.1, 0.15) is 36.8 Å². The molecule has 2 aliphatic rings. The van der Waals surface area contributed by atoms with Gasteiger partial charge < -0.3 is 48.8 Å². The zero-order valence-electron chi connectivity index (χ0n) is 33.4. The van der Waals surface area contributed by atoms with E-state index in [0.29, 0.717) is 18.4 Å². The summed E-state index contributed by atoms with van der Waals surface area (Å²) in [4.78, 5) is 38.1. The fourth-order valence-electron chi connectivity index (χ4n) is 6.67. The van der Waals surface area contributed by atoms with Crippen LogP contribution in [0.3, 0.4) is 0 Å². The summed E-state index contributed by atoms with van der Waals surface area (Å²) < 4.78 is 33.1. The van der Waals surface area contributed by atoms with Crippen LogP contribution in [0.4, 0.5) is 0 Å². The van der Waals surface area contributed by atoms with Crippen LogP contribution in [0.2, 0.25) is 0 Å². The quantitative estimate of drug-likeness (QED) is 0.0377. The maximum absolute atomic E-state index is 13.0. The van der Waals surface area contributed by atoms with Crippen LogP contribution in [0.5, 0.6) is 5.75 Å². The predicted molar refractivity (Wildman–Crippen MR) is 208 cm³/mol. The van der Waals surface area contributed by atoms with Crippen molar-refractivity contribution in [1.29, 1.82) is 0 Å². The molecule has 0 unspecified atom stereocenters. The van der Waals surface area contributed by atoms with Crippen LogP contribution in [0.15, 0.2) is 59.9 Å². The molecule has 4 N–H and O–H groups in total. The zero-order valence-corrected chi connectivity index (χ0v) is 33.4. The molecule has 13 heteroatoms. The molecule has 13 nitrogen and oxygen atoms in total. The first-order valence-electron chi connectivity index (χ1n) is 20.3. The second-order valence-corrected chi connectivity index (χ2v) is 14.4. The van der Waals surface area contributed by atoms with Gasteiger partial charge in [-0.25, -0.2) is 4.79 Å². The molecule has 1 aromatic carbocycles. The summed E-state index contributed by atoms with van der Waals surface area (Å²) in [6, 6.07) is 6.50. The van der Waals surface area contributed by atoms with Crippen LogP contribution in [-0.2, 0) is 49.2 Å². The third-order valence-corrected chi connectivity index (χ3v) is 10.1. The Kier molecular flexibility index (Phi) is 21.8. The second kappa shape index (κ2) is 26.2. The SMILES string of the molecule is C/C=C1\[C@H](O[C@@H]2O[C@H](COC(=O)CCCCCCC/C=C\CCCCCCCC)[C@@H](O)[C@H](O)[C@H]2O)OC=C(C(=O)OC)[C@H]1CC(=O)OCCc1ccc(O)cc1. The molecule has 0 bridgehead atoms. The van der Waals surface area contributed by atoms with Gasteiger partial charge in [0.05, 0.1) is 32.0 Å². The average molecular weight is 789 g/mol. The van der Waals surface area contributed by atoms with Crippen molar-refractivity contribution in [1.82, 2.24) is 0 Å². The largest absolute Gasteiger partial charge is 0.508 e. The average Bonchev–Trinajstić information content (AvgIpc) is 3.19. The number of aromatic hydroxyl groups is 1. The van der Waals surface area contributed by atoms with Crippen molar-refractivity contribution in [3.8, 4) is 5.75 Å². The minimum atomic E-state index is -1.72. The number of aliphatic hydroxyl groups excluding tert-OH is 3. The standard InChI is InChI=1S/C43H64O13/c1-4-6-7-8-9-10-11-12-13-14-15-16-17-18-19-20-36(45)53-29-35-38(47)39(48)40(49)43(55-35)56-42-32(5-2)33(34(28-54-42)41(50)51-3)27-37(46)52-26-25-30-21-23-31(44)24-22-30/h5,12-13,21-24,28,33,35,38-40,42-44,47-49H,4,6-11,14-20,25-27,29H2,1-3H3/b13-12-,32-5-/t33-,35+,38+,39-,40+,42-,43-/m0/s1. The van der Waals surface area contributed by atoms with Gasteiger partial charge in [-0.05, 0) is 56.7 Å². The van der Waals surface area contributed by atoms with Gasteiger partial charge in [-0.15, -0.1) is 0 Å². The molecule has 3 rings (SSSR count). The van der Waals surface area contributed by atoms with E-state index in [1.807, 2.05) is 0 Å². The topological polar surface area (TPSA) is 188 Å². The van der Waals surface area contributed by atoms with Crippen LogP contribution in [0.1, 0.15) is 116 Å². The zero-order chi connectivity index (χ0) is 40.7. The lowest BCUT2D eigenvalue weighted by molar-refractivity contribution is -0.328. The maximum atomic E-state index is 13.0. The normalized spacial score (nSPS) is 24.4. The Morgan fingerprint density at radius 3 is 2.09 bits per heavy atom. The van der Waals surface area contributed by atoms with Gasteiger partial charge in [0.25, 0.3) is 0 Å². The Morgan fingerprint density at radius 1 is 0.804 bits per heavy atom. The van der Waals surface area contributed by atoms with E-state index in [2.05, 4.69) is 19.1 Å². The molecule has 2 heterocycles. The molecule has 0 aliphatic carbocycles. The monoisotopic (exact) mass is 788 g/mol. The Hall–Kier alpha value is -3.75. The Labute approximate surface area is 331 Å². The first kappa shape index (κ1) is 46.6. The molecule has 2 aliphatic heterocycles. The summed E-state index contributed by atoms with van der Waals surface area (Å²) in [7, 11) is 1.19. The van der Waals surface area contributed by atoms with Gasteiger partial charge in [-0.2, -0.15) is 0 Å². The summed E-state index contributed by atoms with van der Waals surface area (Å²) in [6.45, 7) is 3.55. The number of allylic oxidation sites excluding steroid dienone is 3. The van der Waals surface area contributed by atoms with Crippen LogP contribution in [0, 0.1) is 5.92 Å². The number of benzene rings is 1. The minimum Gasteiger partial charge on any atom is -0.508 e. The van der Waals surface area contributed by atoms with Gasteiger partial charge in [0.15, 0.2) is 6.29 Å². The number of unbranched alkanes of at least 4 members (excludes halogenated alkanes) is 11. The number of methoxy groups -OCH3 is 1. The first-order chi connectivity index (χ1) is 27.1. The van der Waals surface area contributed by atoms with Gasteiger partial charge in [-0.1, -0.05) is 88.7 Å². The van der Waals surface area contributed by atoms with Crippen molar-refractivity contribution < 1.29 is 63.2 Å². The van der Waals surface area contributed by atoms with Crippen molar-refractivity contribution >= 4 is 17.9 Å². The molecule has 56 heavy (non-hydrogen) atoms. The maximum Gasteiger partial charge on any atom is 0.337 e. The van der Waals surface area contributed by atoms with Crippen LogP contribution >= 0.6 is 0 Å². The van der Waals surface area contributed by atoms with Gasteiger partial charge in [0, 0.05) is 24.3 Å². The number of phenols is 1. The number of carbonyl (C=O) groups excluding carboxylic acids is 3. The predicted octanol–water partition coefficient (Wildman–Crippen LogP) is 6.25. The van der Waals surface area contributed by atoms with Crippen molar-refractivity contribution in [2.45, 2.75) is 154 Å². The number of rotatable bonds is 25. The van der Waals surface area contributed by atoms with E-state index in [4.69, 9.17) is 28.4 Å². The number of hydrogen-bond donors (Lipinski definition) is 4. The summed E-state index contributed by atoms with van der Waals surface area (Å²) in [6.07, 6.45) is 13.4. The number of phenolic OH excluding ortho intramolecular Hbond substituents is 1. The van der Waals surface area contributed by atoms with E-state index in [1.165, 1.54) is 57.8 Å². The molecule has 1 saturated heterocycles. The van der Waals surface area contributed by atoms with Crippen LogP contribution < -0.4 is 0 Å². The highest BCUT2D eigenvalue weighted by Crippen LogP contribution is 2.36.